The zero-order chi connectivity index (χ0) is 20.2. The van der Waals surface area contributed by atoms with Crippen molar-refractivity contribution in [2.45, 2.75) is 25.5 Å². The molecule has 0 saturated carbocycles. The second kappa shape index (κ2) is 8.59. The third kappa shape index (κ3) is 4.72. The molecule has 6 nitrogen and oxygen atoms in total. The van der Waals surface area contributed by atoms with E-state index in [0.717, 1.165) is 49.4 Å². The molecule has 1 aliphatic heterocycles. The summed E-state index contributed by atoms with van der Waals surface area (Å²) in [5.41, 5.74) is 3.71. The van der Waals surface area contributed by atoms with Gasteiger partial charge in [-0.1, -0.05) is 42.5 Å². The van der Waals surface area contributed by atoms with E-state index in [-0.39, 0.29) is 12.0 Å². The molecule has 2 aromatic carbocycles. The highest BCUT2D eigenvalue weighted by atomic mass is 16.3. The summed E-state index contributed by atoms with van der Waals surface area (Å²) in [5, 5.41) is 12.6. The molecule has 0 bridgehead atoms. The number of hydrogen-bond donors (Lipinski definition) is 2. The van der Waals surface area contributed by atoms with Gasteiger partial charge in [0.25, 0.3) is 5.91 Å². The number of aromatic nitrogens is 2. The number of amides is 1. The van der Waals surface area contributed by atoms with E-state index in [9.17, 15) is 9.90 Å². The highest BCUT2D eigenvalue weighted by molar-refractivity contribution is 6.02. The predicted octanol–water partition coefficient (Wildman–Crippen LogP) is 3.30. The zero-order valence-corrected chi connectivity index (χ0v) is 16.6. The van der Waals surface area contributed by atoms with Gasteiger partial charge in [0, 0.05) is 44.1 Å². The Bertz CT molecular complexity index is 958. The Kier molecular flexibility index (Phi) is 5.74. The van der Waals surface area contributed by atoms with E-state index < -0.39 is 0 Å². The van der Waals surface area contributed by atoms with Gasteiger partial charge in [-0.2, -0.15) is 0 Å². The Hall–Kier alpha value is -2.96. The molecule has 0 aliphatic carbocycles. The van der Waals surface area contributed by atoms with Crippen LogP contribution in [0.25, 0.3) is 11.3 Å². The molecule has 1 fully saturated rings. The zero-order valence-electron chi connectivity index (χ0n) is 16.6. The number of rotatable bonds is 5. The number of nitrogens with zero attached hydrogens (tertiary/aromatic N) is 3. The number of piperidine rings is 1. The van der Waals surface area contributed by atoms with Gasteiger partial charge in [-0.15, -0.1) is 0 Å². The van der Waals surface area contributed by atoms with Gasteiger partial charge < -0.3 is 15.0 Å². The van der Waals surface area contributed by atoms with Gasteiger partial charge in [-0.25, -0.2) is 4.98 Å². The number of anilines is 1. The molecule has 6 heteroatoms. The maximum absolute atomic E-state index is 12.7. The van der Waals surface area contributed by atoms with Crippen molar-refractivity contribution in [2.24, 2.45) is 7.05 Å². The van der Waals surface area contributed by atoms with E-state index in [4.69, 9.17) is 0 Å². The van der Waals surface area contributed by atoms with Gasteiger partial charge in [-0.3, -0.25) is 9.69 Å². The van der Waals surface area contributed by atoms with E-state index in [2.05, 4.69) is 15.2 Å². The van der Waals surface area contributed by atoms with Gasteiger partial charge in [0.2, 0.25) is 0 Å². The van der Waals surface area contributed by atoms with Crippen LogP contribution >= 0.6 is 0 Å². The molecule has 150 valence electrons. The number of imidazole rings is 1. The highest BCUT2D eigenvalue weighted by Gasteiger charge is 2.17. The molecule has 0 radical (unpaired) electrons. The van der Waals surface area contributed by atoms with Crippen LogP contribution in [0.1, 0.15) is 29.0 Å². The summed E-state index contributed by atoms with van der Waals surface area (Å²) in [5.74, 6) is 0.146. The van der Waals surface area contributed by atoms with Crippen molar-refractivity contribution in [1.29, 1.82) is 0 Å². The van der Waals surface area contributed by atoms with Crippen molar-refractivity contribution in [1.82, 2.24) is 14.5 Å². The van der Waals surface area contributed by atoms with Crippen LogP contribution < -0.4 is 5.32 Å². The molecular weight excluding hydrogens is 364 g/mol. The lowest BCUT2D eigenvalue weighted by atomic mass is 10.1. The normalized spacial score (nSPS) is 15.4. The summed E-state index contributed by atoms with van der Waals surface area (Å²) in [4.78, 5) is 19.5. The molecule has 2 heterocycles. The topological polar surface area (TPSA) is 70.4 Å². The van der Waals surface area contributed by atoms with Crippen LogP contribution in [0.2, 0.25) is 0 Å². The minimum absolute atomic E-state index is 0.155. The van der Waals surface area contributed by atoms with Crippen LogP contribution in [-0.2, 0) is 13.6 Å². The van der Waals surface area contributed by atoms with Crippen molar-refractivity contribution in [2.75, 3.05) is 18.4 Å². The highest BCUT2D eigenvalue weighted by Crippen LogP contribution is 2.19. The first kappa shape index (κ1) is 19.4. The lowest BCUT2D eigenvalue weighted by molar-refractivity contribution is 0.0792. The standard InChI is InChI=1S/C23H26N4O2/c1-26-16-21(18-5-3-2-4-6-18)25-22(26)23(29)24-19-9-7-17(8-10-19)15-27-13-11-20(28)12-14-27/h2-10,16,20,28H,11-15H2,1H3,(H,24,29). The van der Waals surface area contributed by atoms with E-state index >= 15 is 0 Å². The van der Waals surface area contributed by atoms with E-state index in [1.54, 1.807) is 4.57 Å². The molecule has 4 rings (SSSR count). The van der Waals surface area contributed by atoms with Crippen molar-refractivity contribution >= 4 is 11.6 Å². The van der Waals surface area contributed by atoms with Crippen LogP contribution in [0.4, 0.5) is 5.69 Å². The van der Waals surface area contributed by atoms with E-state index in [0.29, 0.717) is 5.82 Å². The maximum Gasteiger partial charge on any atom is 0.291 e. The number of benzene rings is 2. The monoisotopic (exact) mass is 390 g/mol. The molecule has 1 amide bonds. The maximum atomic E-state index is 12.7. The van der Waals surface area contributed by atoms with Crippen LogP contribution in [0.3, 0.4) is 0 Å². The Labute approximate surface area is 170 Å². The van der Waals surface area contributed by atoms with Gasteiger partial charge in [-0.05, 0) is 30.5 Å². The molecular formula is C23H26N4O2. The lowest BCUT2D eigenvalue weighted by Gasteiger charge is -2.29. The Morgan fingerprint density at radius 2 is 1.79 bits per heavy atom. The van der Waals surface area contributed by atoms with Crippen molar-refractivity contribution in [3.8, 4) is 11.3 Å². The van der Waals surface area contributed by atoms with Gasteiger partial charge >= 0.3 is 0 Å². The fourth-order valence-corrected chi connectivity index (χ4v) is 3.64. The second-order valence-corrected chi connectivity index (χ2v) is 7.59. The minimum atomic E-state index is -0.229. The Morgan fingerprint density at radius 3 is 2.48 bits per heavy atom. The third-order valence-corrected chi connectivity index (χ3v) is 5.32. The minimum Gasteiger partial charge on any atom is -0.393 e. The molecule has 29 heavy (non-hydrogen) atoms. The predicted molar refractivity (Wildman–Crippen MR) is 114 cm³/mol. The molecule has 0 spiro atoms. The van der Waals surface area contributed by atoms with Crippen molar-refractivity contribution in [3.63, 3.8) is 0 Å². The lowest BCUT2D eigenvalue weighted by Crippen LogP contribution is -2.35. The molecule has 1 saturated heterocycles. The number of likely N-dealkylation sites (tertiary alicyclic amines) is 1. The van der Waals surface area contributed by atoms with Crippen molar-refractivity contribution < 1.29 is 9.90 Å². The first-order valence-electron chi connectivity index (χ1n) is 9.98. The quantitative estimate of drug-likeness (QED) is 0.701. The van der Waals surface area contributed by atoms with Crippen molar-refractivity contribution in [3.05, 3.63) is 72.2 Å². The van der Waals surface area contributed by atoms with Gasteiger partial charge in [0.1, 0.15) is 0 Å². The summed E-state index contributed by atoms with van der Waals surface area (Å²) in [6, 6.07) is 17.7. The number of aliphatic hydroxyl groups excluding tert-OH is 1. The summed E-state index contributed by atoms with van der Waals surface area (Å²) in [7, 11) is 1.83. The van der Waals surface area contributed by atoms with E-state index in [1.807, 2.05) is 67.8 Å². The molecule has 3 aromatic rings. The average molecular weight is 390 g/mol. The van der Waals surface area contributed by atoms with Crippen LogP contribution in [0.15, 0.2) is 60.8 Å². The summed E-state index contributed by atoms with van der Waals surface area (Å²) >= 11 is 0. The van der Waals surface area contributed by atoms with Gasteiger partial charge in [0.05, 0.1) is 11.8 Å². The van der Waals surface area contributed by atoms with E-state index in [1.165, 1.54) is 5.56 Å². The number of hydrogen-bond acceptors (Lipinski definition) is 4. The molecule has 2 N–H and O–H groups in total. The average Bonchev–Trinajstić information content (AvgIpc) is 3.14. The largest absolute Gasteiger partial charge is 0.393 e. The summed E-state index contributed by atoms with van der Waals surface area (Å²) < 4.78 is 1.75. The molecule has 1 aliphatic rings. The molecule has 0 unspecified atom stereocenters. The number of aliphatic hydroxyl groups is 1. The fourth-order valence-electron chi connectivity index (χ4n) is 3.64. The summed E-state index contributed by atoms with van der Waals surface area (Å²) in [6.45, 7) is 2.70. The van der Waals surface area contributed by atoms with Crippen LogP contribution in [-0.4, -0.2) is 44.7 Å². The Morgan fingerprint density at radius 1 is 1.10 bits per heavy atom. The first-order valence-corrected chi connectivity index (χ1v) is 9.98. The van der Waals surface area contributed by atoms with Gasteiger partial charge in [0.15, 0.2) is 5.82 Å². The molecule has 1 aromatic heterocycles. The Balaban J connectivity index is 1.39. The fraction of sp³-hybridized carbons (Fsp3) is 0.304. The number of aryl methyl sites for hydroxylation is 1. The number of nitrogens with one attached hydrogen (secondary N) is 1. The third-order valence-electron chi connectivity index (χ3n) is 5.32. The summed E-state index contributed by atoms with van der Waals surface area (Å²) in [6.07, 6.45) is 3.38. The SMILES string of the molecule is Cn1cc(-c2ccccc2)nc1C(=O)Nc1ccc(CN2CCC(O)CC2)cc1. The second-order valence-electron chi connectivity index (χ2n) is 7.59. The van der Waals surface area contributed by atoms with Crippen LogP contribution in [0.5, 0.6) is 0 Å². The number of carbonyl (C=O) groups is 1. The molecule has 0 atom stereocenters. The first-order chi connectivity index (χ1) is 14.1. The smallest absolute Gasteiger partial charge is 0.291 e. The van der Waals surface area contributed by atoms with Crippen LogP contribution in [0, 0.1) is 0 Å². The number of carbonyl (C=O) groups excluding carboxylic acids is 1.